The average Bonchev–Trinajstić information content (AvgIpc) is 2.54. The SMILES string of the molecule is C=C(C)[C@H]1CC=C(COC(=O)c2ccc(/C=C/Br)cc2)CC1. The summed E-state index contributed by atoms with van der Waals surface area (Å²) in [5.74, 6) is 0.312. The van der Waals surface area contributed by atoms with Crippen LogP contribution in [0.1, 0.15) is 42.1 Å². The molecule has 0 heterocycles. The minimum atomic E-state index is -0.266. The number of carbonyl (C=O) groups excluding carboxylic acids is 1. The minimum absolute atomic E-state index is 0.266. The summed E-state index contributed by atoms with van der Waals surface area (Å²) in [4.78, 5) is 13.8. The first kappa shape index (κ1) is 16.8. The fourth-order valence-corrected chi connectivity index (χ4v) is 2.82. The molecule has 0 aliphatic heterocycles. The second-order valence-corrected chi connectivity index (χ2v) is 6.20. The van der Waals surface area contributed by atoms with Crippen LogP contribution >= 0.6 is 15.9 Å². The predicted octanol–water partition coefficient (Wildman–Crippen LogP) is 5.51. The van der Waals surface area contributed by atoms with Gasteiger partial charge in [-0.15, -0.1) is 0 Å². The van der Waals surface area contributed by atoms with Gasteiger partial charge >= 0.3 is 5.97 Å². The fourth-order valence-electron chi connectivity index (χ4n) is 2.51. The van der Waals surface area contributed by atoms with E-state index in [0.29, 0.717) is 18.1 Å². The summed E-state index contributed by atoms with van der Waals surface area (Å²) in [6, 6.07) is 7.37. The summed E-state index contributed by atoms with van der Waals surface area (Å²) < 4.78 is 5.41. The summed E-state index contributed by atoms with van der Waals surface area (Å²) in [5, 5.41) is 0. The summed E-state index contributed by atoms with van der Waals surface area (Å²) in [6.45, 7) is 6.49. The van der Waals surface area contributed by atoms with Crippen LogP contribution in [0.25, 0.3) is 6.08 Å². The van der Waals surface area contributed by atoms with Gasteiger partial charge in [0, 0.05) is 0 Å². The van der Waals surface area contributed by atoms with E-state index in [9.17, 15) is 4.79 Å². The maximum atomic E-state index is 12.0. The molecular formula is C19H21BrO2. The van der Waals surface area contributed by atoms with Gasteiger partial charge in [-0.3, -0.25) is 0 Å². The second kappa shape index (κ2) is 8.14. The molecule has 0 fully saturated rings. The monoisotopic (exact) mass is 360 g/mol. The first-order valence-electron chi connectivity index (χ1n) is 7.47. The van der Waals surface area contributed by atoms with E-state index in [2.05, 4.69) is 35.5 Å². The van der Waals surface area contributed by atoms with Gasteiger partial charge in [-0.1, -0.05) is 46.3 Å². The Kier molecular flexibility index (Phi) is 6.20. The van der Waals surface area contributed by atoms with Crippen LogP contribution < -0.4 is 0 Å². The maximum Gasteiger partial charge on any atom is 0.338 e. The molecule has 0 saturated carbocycles. The van der Waals surface area contributed by atoms with E-state index in [1.54, 1.807) is 17.1 Å². The lowest BCUT2D eigenvalue weighted by atomic mass is 9.86. The lowest BCUT2D eigenvalue weighted by molar-refractivity contribution is 0.0535. The van der Waals surface area contributed by atoms with E-state index in [-0.39, 0.29) is 5.97 Å². The standard InChI is InChI=1S/C19H21BrO2/c1-14(2)17-7-5-16(6-8-17)13-22-19(21)18-9-3-15(4-10-18)11-12-20/h3-5,9-12,17H,1,6-8,13H2,2H3/b12-11+/t17-/m0/s1. The average molecular weight is 361 g/mol. The van der Waals surface area contributed by atoms with E-state index in [1.807, 2.05) is 18.2 Å². The zero-order valence-electron chi connectivity index (χ0n) is 12.8. The highest BCUT2D eigenvalue weighted by atomic mass is 79.9. The smallest absolute Gasteiger partial charge is 0.338 e. The molecule has 0 amide bonds. The molecule has 0 spiro atoms. The molecule has 0 aromatic heterocycles. The molecule has 2 rings (SSSR count). The Morgan fingerprint density at radius 3 is 2.68 bits per heavy atom. The zero-order chi connectivity index (χ0) is 15.9. The van der Waals surface area contributed by atoms with Crippen molar-refractivity contribution in [2.45, 2.75) is 26.2 Å². The summed E-state index contributed by atoms with van der Waals surface area (Å²) in [7, 11) is 0. The van der Waals surface area contributed by atoms with Crippen molar-refractivity contribution in [2.75, 3.05) is 6.61 Å². The van der Waals surface area contributed by atoms with Crippen molar-refractivity contribution in [3.8, 4) is 0 Å². The number of carbonyl (C=O) groups is 1. The van der Waals surface area contributed by atoms with Crippen molar-refractivity contribution in [1.82, 2.24) is 0 Å². The molecule has 1 atom stereocenters. The quantitative estimate of drug-likeness (QED) is 0.510. The molecule has 116 valence electrons. The maximum absolute atomic E-state index is 12.0. The lowest BCUT2D eigenvalue weighted by Gasteiger charge is -2.22. The van der Waals surface area contributed by atoms with Crippen LogP contribution in [0.4, 0.5) is 0 Å². The Morgan fingerprint density at radius 1 is 1.41 bits per heavy atom. The Balaban J connectivity index is 1.86. The van der Waals surface area contributed by atoms with Crippen LogP contribution in [0.5, 0.6) is 0 Å². The number of esters is 1. The molecule has 0 radical (unpaired) electrons. The normalized spacial score (nSPS) is 18.1. The molecule has 1 aliphatic carbocycles. The fraction of sp³-hybridized carbons (Fsp3) is 0.316. The van der Waals surface area contributed by atoms with Crippen molar-refractivity contribution in [2.24, 2.45) is 5.92 Å². The van der Waals surface area contributed by atoms with Crippen LogP contribution in [0.15, 0.2) is 53.1 Å². The molecule has 22 heavy (non-hydrogen) atoms. The molecule has 0 saturated heterocycles. The Bertz CT molecular complexity index is 596. The van der Waals surface area contributed by atoms with Crippen LogP contribution in [0.3, 0.4) is 0 Å². The van der Waals surface area contributed by atoms with Gasteiger partial charge in [0.15, 0.2) is 0 Å². The zero-order valence-corrected chi connectivity index (χ0v) is 14.4. The van der Waals surface area contributed by atoms with E-state index < -0.39 is 0 Å². The number of halogens is 1. The van der Waals surface area contributed by atoms with Crippen molar-refractivity contribution in [3.05, 3.63) is 64.2 Å². The third kappa shape index (κ3) is 4.70. The number of hydrogen-bond donors (Lipinski definition) is 0. The van der Waals surface area contributed by atoms with Gasteiger partial charge in [0.25, 0.3) is 0 Å². The van der Waals surface area contributed by atoms with Crippen LogP contribution in [0.2, 0.25) is 0 Å². The van der Waals surface area contributed by atoms with Gasteiger partial charge in [0.2, 0.25) is 0 Å². The summed E-state index contributed by atoms with van der Waals surface area (Å²) in [5.41, 5.74) is 4.08. The molecule has 1 aromatic rings. The van der Waals surface area contributed by atoms with E-state index in [1.165, 1.54) is 11.1 Å². The molecule has 1 aromatic carbocycles. The van der Waals surface area contributed by atoms with Crippen molar-refractivity contribution < 1.29 is 9.53 Å². The summed E-state index contributed by atoms with van der Waals surface area (Å²) >= 11 is 3.23. The molecule has 0 bridgehead atoms. The third-order valence-corrected chi connectivity index (χ3v) is 4.26. The van der Waals surface area contributed by atoms with Crippen LogP contribution in [-0.2, 0) is 4.74 Å². The third-order valence-electron chi connectivity index (χ3n) is 3.99. The number of hydrogen-bond acceptors (Lipinski definition) is 2. The highest BCUT2D eigenvalue weighted by Gasteiger charge is 2.16. The molecular weight excluding hydrogens is 340 g/mol. The number of ether oxygens (including phenoxy) is 1. The Morgan fingerprint density at radius 2 is 2.14 bits per heavy atom. The second-order valence-electron chi connectivity index (χ2n) is 5.67. The van der Waals surface area contributed by atoms with Gasteiger partial charge in [-0.2, -0.15) is 0 Å². The molecule has 1 aliphatic rings. The first-order chi connectivity index (χ1) is 10.6. The van der Waals surface area contributed by atoms with E-state index in [4.69, 9.17) is 4.74 Å². The number of rotatable bonds is 5. The van der Waals surface area contributed by atoms with Crippen LogP contribution in [0, 0.1) is 5.92 Å². The summed E-state index contributed by atoms with van der Waals surface area (Å²) in [6.07, 6.45) is 7.21. The van der Waals surface area contributed by atoms with Gasteiger partial charge in [0.1, 0.15) is 6.61 Å². The van der Waals surface area contributed by atoms with E-state index >= 15 is 0 Å². The predicted molar refractivity (Wildman–Crippen MR) is 94.9 cm³/mol. The molecule has 3 heteroatoms. The highest BCUT2D eigenvalue weighted by Crippen LogP contribution is 2.28. The Labute approximate surface area is 140 Å². The first-order valence-corrected chi connectivity index (χ1v) is 8.39. The molecule has 0 N–H and O–H groups in total. The molecule has 0 unspecified atom stereocenters. The highest BCUT2D eigenvalue weighted by molar-refractivity contribution is 9.11. The number of benzene rings is 1. The van der Waals surface area contributed by atoms with Crippen molar-refractivity contribution >= 4 is 28.0 Å². The van der Waals surface area contributed by atoms with Gasteiger partial charge in [-0.25, -0.2) is 4.79 Å². The van der Waals surface area contributed by atoms with Crippen molar-refractivity contribution in [3.63, 3.8) is 0 Å². The van der Waals surface area contributed by atoms with Gasteiger partial charge in [0.05, 0.1) is 5.56 Å². The van der Waals surface area contributed by atoms with Crippen molar-refractivity contribution in [1.29, 1.82) is 0 Å². The number of allylic oxidation sites excluding steroid dienone is 2. The lowest BCUT2D eigenvalue weighted by Crippen LogP contribution is -2.12. The van der Waals surface area contributed by atoms with E-state index in [0.717, 1.165) is 24.8 Å². The Hall–Kier alpha value is -1.61. The largest absolute Gasteiger partial charge is 0.458 e. The van der Waals surface area contributed by atoms with Gasteiger partial charge in [-0.05, 0) is 66.4 Å². The molecule has 2 nitrogen and oxygen atoms in total. The topological polar surface area (TPSA) is 26.3 Å². The van der Waals surface area contributed by atoms with Gasteiger partial charge < -0.3 is 4.74 Å². The minimum Gasteiger partial charge on any atom is -0.458 e. The van der Waals surface area contributed by atoms with Crippen LogP contribution in [-0.4, -0.2) is 12.6 Å².